The molecule has 0 amide bonds. The number of ether oxygens (including phenoxy) is 1. The summed E-state index contributed by atoms with van der Waals surface area (Å²) >= 11 is 5.94. The molecule has 0 spiro atoms. The van der Waals surface area contributed by atoms with Crippen LogP contribution >= 0.6 is 11.6 Å². The van der Waals surface area contributed by atoms with Crippen LogP contribution in [-0.2, 0) is 27.1 Å². The van der Waals surface area contributed by atoms with Gasteiger partial charge in [0.05, 0.1) is 11.5 Å². The van der Waals surface area contributed by atoms with Gasteiger partial charge in [-0.2, -0.15) is 4.31 Å². The summed E-state index contributed by atoms with van der Waals surface area (Å²) in [4.78, 5) is 0.332. The molecule has 4 nitrogen and oxygen atoms in total. The van der Waals surface area contributed by atoms with Gasteiger partial charge in [-0.15, -0.1) is 11.6 Å². The molecule has 0 radical (unpaired) electrons. The van der Waals surface area contributed by atoms with E-state index in [1.54, 1.807) is 23.5 Å². The molecule has 2 rings (SSSR count). The van der Waals surface area contributed by atoms with Crippen LogP contribution in [0.3, 0.4) is 0 Å². The van der Waals surface area contributed by atoms with Crippen molar-refractivity contribution in [1.29, 1.82) is 0 Å². The second-order valence-corrected chi connectivity index (χ2v) is 7.42. The van der Waals surface area contributed by atoms with Crippen molar-refractivity contribution in [2.75, 3.05) is 20.3 Å². The molecule has 0 bridgehead atoms. The molecule has 1 saturated carbocycles. The van der Waals surface area contributed by atoms with Crippen molar-refractivity contribution >= 4 is 21.6 Å². The number of rotatable bonds is 8. The van der Waals surface area contributed by atoms with Crippen LogP contribution in [0, 0.1) is 0 Å². The fourth-order valence-corrected chi connectivity index (χ4v) is 4.38. The van der Waals surface area contributed by atoms with Crippen LogP contribution < -0.4 is 0 Å². The molecule has 0 N–H and O–H groups in total. The lowest BCUT2D eigenvalue weighted by molar-refractivity contribution is 0.177. The number of aryl methyl sites for hydroxylation is 1. The van der Waals surface area contributed by atoms with Crippen LogP contribution in [0.15, 0.2) is 23.1 Å². The molecule has 1 aliphatic carbocycles. The van der Waals surface area contributed by atoms with Gasteiger partial charge in [-0.05, 0) is 42.5 Å². The highest BCUT2D eigenvalue weighted by Gasteiger charge is 2.37. The fourth-order valence-electron chi connectivity index (χ4n) is 2.41. The minimum absolute atomic E-state index is 0.121. The Kier molecular flexibility index (Phi) is 5.66. The number of halogens is 1. The van der Waals surface area contributed by atoms with Gasteiger partial charge in [0.25, 0.3) is 0 Å². The van der Waals surface area contributed by atoms with Crippen molar-refractivity contribution in [3.05, 3.63) is 29.3 Å². The highest BCUT2D eigenvalue weighted by Crippen LogP contribution is 2.32. The van der Waals surface area contributed by atoms with Gasteiger partial charge in [-0.1, -0.05) is 13.0 Å². The quantitative estimate of drug-likeness (QED) is 0.688. The summed E-state index contributed by atoms with van der Waals surface area (Å²) in [6.45, 7) is 2.84. The molecule has 0 aliphatic heterocycles. The third-order valence-corrected chi connectivity index (χ3v) is 6.01. The van der Waals surface area contributed by atoms with Crippen molar-refractivity contribution in [1.82, 2.24) is 4.31 Å². The van der Waals surface area contributed by atoms with Crippen LogP contribution in [0.2, 0.25) is 0 Å². The standard InChI is InChI=1S/C15H22ClNO3S/c1-3-12-4-7-15(10-13(12)11-16)21(18,19)17(8-9-20-2)14-5-6-14/h4,7,10,14H,3,5-6,8-9,11H2,1-2H3. The monoisotopic (exact) mass is 331 g/mol. The zero-order valence-corrected chi connectivity index (χ0v) is 14.1. The molecular formula is C15H22ClNO3S. The van der Waals surface area contributed by atoms with E-state index in [1.807, 2.05) is 13.0 Å². The maximum absolute atomic E-state index is 12.8. The van der Waals surface area contributed by atoms with Gasteiger partial charge >= 0.3 is 0 Å². The molecule has 1 aliphatic rings. The lowest BCUT2D eigenvalue weighted by Crippen LogP contribution is -2.35. The Morgan fingerprint density at radius 1 is 1.33 bits per heavy atom. The Balaban J connectivity index is 2.32. The second-order valence-electron chi connectivity index (χ2n) is 5.26. The Bertz CT molecular complexity index is 585. The maximum Gasteiger partial charge on any atom is 0.243 e. The van der Waals surface area contributed by atoms with E-state index in [9.17, 15) is 8.42 Å². The molecule has 0 atom stereocenters. The molecule has 0 aromatic heterocycles. The summed E-state index contributed by atoms with van der Waals surface area (Å²) < 4.78 is 32.2. The molecule has 1 fully saturated rings. The van der Waals surface area contributed by atoms with Gasteiger partial charge in [-0.3, -0.25) is 0 Å². The Morgan fingerprint density at radius 3 is 2.57 bits per heavy atom. The summed E-state index contributed by atoms with van der Waals surface area (Å²) in [6, 6.07) is 5.39. The van der Waals surface area contributed by atoms with E-state index in [2.05, 4.69) is 0 Å². The summed E-state index contributed by atoms with van der Waals surface area (Å²) in [6.07, 6.45) is 2.70. The molecule has 0 unspecified atom stereocenters. The van der Waals surface area contributed by atoms with Crippen LogP contribution in [0.25, 0.3) is 0 Å². The number of methoxy groups -OCH3 is 1. The highest BCUT2D eigenvalue weighted by molar-refractivity contribution is 7.89. The molecule has 0 heterocycles. The number of alkyl halides is 1. The first kappa shape index (κ1) is 16.7. The van der Waals surface area contributed by atoms with E-state index in [0.717, 1.165) is 30.4 Å². The maximum atomic E-state index is 12.8. The van der Waals surface area contributed by atoms with E-state index in [4.69, 9.17) is 16.3 Å². The second kappa shape index (κ2) is 7.09. The SMILES string of the molecule is CCc1ccc(S(=O)(=O)N(CCOC)C2CC2)cc1CCl. The lowest BCUT2D eigenvalue weighted by atomic mass is 10.1. The number of hydrogen-bond donors (Lipinski definition) is 0. The third-order valence-electron chi connectivity index (χ3n) is 3.78. The van der Waals surface area contributed by atoms with Crippen LogP contribution in [0.5, 0.6) is 0 Å². The average Bonchev–Trinajstić information content (AvgIpc) is 3.31. The van der Waals surface area contributed by atoms with Crippen LogP contribution in [-0.4, -0.2) is 39.0 Å². The van der Waals surface area contributed by atoms with Gasteiger partial charge in [0.1, 0.15) is 0 Å². The van der Waals surface area contributed by atoms with Gasteiger partial charge in [0.15, 0.2) is 0 Å². The molecule has 1 aromatic rings. The van der Waals surface area contributed by atoms with Crippen molar-refractivity contribution in [2.24, 2.45) is 0 Å². The van der Waals surface area contributed by atoms with Crippen LogP contribution in [0.4, 0.5) is 0 Å². The van der Waals surface area contributed by atoms with Crippen molar-refractivity contribution < 1.29 is 13.2 Å². The van der Waals surface area contributed by atoms with E-state index >= 15 is 0 Å². The summed E-state index contributed by atoms with van der Waals surface area (Å²) in [7, 11) is -1.89. The van der Waals surface area contributed by atoms with Gasteiger partial charge in [0, 0.05) is 25.6 Å². The third kappa shape index (κ3) is 3.77. The van der Waals surface area contributed by atoms with Crippen molar-refractivity contribution in [2.45, 2.75) is 43.0 Å². The molecule has 1 aromatic carbocycles. The van der Waals surface area contributed by atoms with Crippen LogP contribution in [0.1, 0.15) is 30.9 Å². The smallest absolute Gasteiger partial charge is 0.243 e. The number of sulfonamides is 1. The van der Waals surface area contributed by atoms with E-state index < -0.39 is 10.0 Å². The molecule has 21 heavy (non-hydrogen) atoms. The molecular weight excluding hydrogens is 310 g/mol. The van der Waals surface area contributed by atoms with Gasteiger partial charge in [-0.25, -0.2) is 8.42 Å². The van der Waals surface area contributed by atoms with Crippen molar-refractivity contribution in [3.63, 3.8) is 0 Å². The number of benzene rings is 1. The molecule has 6 heteroatoms. The average molecular weight is 332 g/mol. The first-order valence-electron chi connectivity index (χ1n) is 7.23. The van der Waals surface area contributed by atoms with Gasteiger partial charge < -0.3 is 4.74 Å². The first-order valence-corrected chi connectivity index (χ1v) is 9.20. The summed E-state index contributed by atoms with van der Waals surface area (Å²) in [5.41, 5.74) is 1.99. The van der Waals surface area contributed by atoms with Gasteiger partial charge in [0.2, 0.25) is 10.0 Å². The Labute approximate surface area is 132 Å². The predicted molar refractivity (Wildman–Crippen MR) is 84.2 cm³/mol. The topological polar surface area (TPSA) is 46.6 Å². The zero-order chi connectivity index (χ0) is 15.5. The zero-order valence-electron chi connectivity index (χ0n) is 12.5. The first-order chi connectivity index (χ1) is 10.0. The van der Waals surface area contributed by atoms with E-state index in [-0.39, 0.29) is 6.04 Å². The number of hydrogen-bond acceptors (Lipinski definition) is 3. The minimum atomic E-state index is -3.47. The summed E-state index contributed by atoms with van der Waals surface area (Å²) in [5.74, 6) is 0.327. The Morgan fingerprint density at radius 2 is 2.05 bits per heavy atom. The fraction of sp³-hybridized carbons (Fsp3) is 0.600. The largest absolute Gasteiger partial charge is 0.383 e. The predicted octanol–water partition coefficient (Wildman–Crippen LogP) is 2.79. The highest BCUT2D eigenvalue weighted by atomic mass is 35.5. The molecule has 0 saturated heterocycles. The summed E-state index contributed by atoms with van der Waals surface area (Å²) in [5, 5.41) is 0. The van der Waals surface area contributed by atoms with Crippen molar-refractivity contribution in [3.8, 4) is 0 Å². The number of nitrogens with zero attached hydrogens (tertiary/aromatic N) is 1. The normalized spacial score (nSPS) is 15.6. The Hall–Kier alpha value is -0.620. The minimum Gasteiger partial charge on any atom is -0.383 e. The van der Waals surface area contributed by atoms with E-state index in [1.165, 1.54) is 0 Å². The molecule has 118 valence electrons. The van der Waals surface area contributed by atoms with E-state index in [0.29, 0.717) is 23.9 Å². The lowest BCUT2D eigenvalue weighted by Gasteiger charge is -2.22.